The summed E-state index contributed by atoms with van der Waals surface area (Å²) in [4.78, 5) is 4.61. The van der Waals surface area contributed by atoms with Crippen LogP contribution < -0.4 is 5.32 Å². The van der Waals surface area contributed by atoms with Crippen molar-refractivity contribution in [2.24, 2.45) is 0 Å². The maximum atomic E-state index is 13.8. The van der Waals surface area contributed by atoms with Crippen molar-refractivity contribution in [1.29, 1.82) is 0 Å². The highest BCUT2D eigenvalue weighted by Crippen LogP contribution is 2.29. The fraction of sp³-hybridized carbons (Fsp3) is 0.167. The van der Waals surface area contributed by atoms with E-state index in [1.165, 1.54) is 6.07 Å². The van der Waals surface area contributed by atoms with Gasteiger partial charge in [-0.05, 0) is 31.5 Å². The number of hydrogen-bond donors (Lipinski definition) is 1. The SMILES string of the molecule is CCNc1cc(-c2ccccc2)nc2cc(F)c(C)cc12. The minimum Gasteiger partial charge on any atom is -0.385 e. The van der Waals surface area contributed by atoms with Crippen LogP contribution in [-0.2, 0) is 0 Å². The number of aryl methyl sites for hydroxylation is 1. The third-order valence-corrected chi connectivity index (χ3v) is 3.53. The molecule has 0 amide bonds. The number of anilines is 1. The predicted octanol–water partition coefficient (Wildman–Crippen LogP) is 4.78. The van der Waals surface area contributed by atoms with Crippen LogP contribution in [0.3, 0.4) is 0 Å². The molecule has 3 aromatic rings. The summed E-state index contributed by atoms with van der Waals surface area (Å²) in [6.45, 7) is 4.63. The Balaban J connectivity index is 2.26. The lowest BCUT2D eigenvalue weighted by Crippen LogP contribution is -2.00. The average Bonchev–Trinajstić information content (AvgIpc) is 2.50. The molecule has 1 heterocycles. The Hall–Kier alpha value is -2.42. The van der Waals surface area contributed by atoms with Crippen molar-refractivity contribution >= 4 is 16.6 Å². The third-order valence-electron chi connectivity index (χ3n) is 3.53. The number of pyridine rings is 1. The van der Waals surface area contributed by atoms with E-state index in [1.807, 2.05) is 49.4 Å². The maximum absolute atomic E-state index is 13.8. The quantitative estimate of drug-likeness (QED) is 0.746. The number of nitrogens with zero attached hydrogens (tertiary/aromatic N) is 1. The van der Waals surface area contributed by atoms with Crippen molar-refractivity contribution in [3.8, 4) is 11.3 Å². The first kappa shape index (κ1) is 13.6. The standard InChI is InChI=1S/C18H17FN2/c1-3-20-17-11-16(13-7-5-4-6-8-13)21-18-10-15(19)12(2)9-14(17)18/h4-11H,3H2,1-2H3,(H,20,21). The Kier molecular flexibility index (Phi) is 3.57. The molecular formula is C18H17FN2. The zero-order valence-electron chi connectivity index (χ0n) is 12.2. The molecule has 0 unspecified atom stereocenters. The number of hydrogen-bond acceptors (Lipinski definition) is 2. The summed E-state index contributed by atoms with van der Waals surface area (Å²) in [6.07, 6.45) is 0. The van der Waals surface area contributed by atoms with E-state index in [4.69, 9.17) is 0 Å². The van der Waals surface area contributed by atoms with Gasteiger partial charge in [0, 0.05) is 29.2 Å². The lowest BCUT2D eigenvalue weighted by Gasteiger charge is -2.12. The lowest BCUT2D eigenvalue weighted by atomic mass is 10.1. The molecule has 3 rings (SSSR count). The molecule has 0 bridgehead atoms. The smallest absolute Gasteiger partial charge is 0.128 e. The van der Waals surface area contributed by atoms with Crippen molar-refractivity contribution in [1.82, 2.24) is 4.98 Å². The van der Waals surface area contributed by atoms with Crippen LogP contribution in [0.2, 0.25) is 0 Å². The fourth-order valence-corrected chi connectivity index (χ4v) is 2.45. The van der Waals surface area contributed by atoms with Gasteiger partial charge in [0.1, 0.15) is 5.82 Å². The van der Waals surface area contributed by atoms with E-state index >= 15 is 0 Å². The molecule has 0 fully saturated rings. The van der Waals surface area contributed by atoms with Gasteiger partial charge in [0.15, 0.2) is 0 Å². The number of rotatable bonds is 3. The monoisotopic (exact) mass is 280 g/mol. The van der Waals surface area contributed by atoms with Crippen LogP contribution in [0, 0.1) is 12.7 Å². The minimum atomic E-state index is -0.220. The Bertz CT molecular complexity index is 782. The first-order valence-corrected chi connectivity index (χ1v) is 7.09. The van der Waals surface area contributed by atoms with Crippen LogP contribution in [0.4, 0.5) is 10.1 Å². The van der Waals surface area contributed by atoms with E-state index in [-0.39, 0.29) is 5.82 Å². The molecule has 0 radical (unpaired) electrons. The predicted molar refractivity (Wildman–Crippen MR) is 86.0 cm³/mol. The van der Waals surface area contributed by atoms with Crippen LogP contribution >= 0.6 is 0 Å². The van der Waals surface area contributed by atoms with Gasteiger partial charge >= 0.3 is 0 Å². The van der Waals surface area contributed by atoms with E-state index in [0.717, 1.165) is 28.9 Å². The summed E-state index contributed by atoms with van der Waals surface area (Å²) in [7, 11) is 0. The Morgan fingerprint density at radius 3 is 2.57 bits per heavy atom. The second-order valence-electron chi connectivity index (χ2n) is 5.07. The van der Waals surface area contributed by atoms with Gasteiger partial charge in [-0.2, -0.15) is 0 Å². The highest BCUT2D eigenvalue weighted by molar-refractivity contribution is 5.94. The molecular weight excluding hydrogens is 263 g/mol. The molecule has 0 spiro atoms. The normalized spacial score (nSPS) is 10.8. The number of aromatic nitrogens is 1. The molecule has 2 nitrogen and oxygen atoms in total. The van der Waals surface area contributed by atoms with Gasteiger partial charge in [0.05, 0.1) is 11.2 Å². The van der Waals surface area contributed by atoms with Gasteiger partial charge in [0.25, 0.3) is 0 Å². The second-order valence-corrected chi connectivity index (χ2v) is 5.07. The molecule has 2 aromatic carbocycles. The summed E-state index contributed by atoms with van der Waals surface area (Å²) in [6, 6.07) is 15.3. The Labute approximate surface area is 123 Å². The summed E-state index contributed by atoms with van der Waals surface area (Å²) >= 11 is 0. The van der Waals surface area contributed by atoms with Gasteiger partial charge in [-0.1, -0.05) is 30.3 Å². The van der Waals surface area contributed by atoms with Crippen molar-refractivity contribution in [3.05, 3.63) is 59.9 Å². The topological polar surface area (TPSA) is 24.9 Å². The molecule has 0 aliphatic heterocycles. The van der Waals surface area contributed by atoms with Gasteiger partial charge in [0.2, 0.25) is 0 Å². The van der Waals surface area contributed by atoms with E-state index in [9.17, 15) is 4.39 Å². The summed E-state index contributed by atoms with van der Waals surface area (Å²) in [5.41, 5.74) is 4.18. The Morgan fingerprint density at radius 1 is 1.10 bits per heavy atom. The van der Waals surface area contributed by atoms with Crippen LogP contribution in [-0.4, -0.2) is 11.5 Å². The van der Waals surface area contributed by atoms with E-state index in [0.29, 0.717) is 11.1 Å². The third kappa shape index (κ3) is 2.59. The van der Waals surface area contributed by atoms with Crippen LogP contribution in [0.1, 0.15) is 12.5 Å². The van der Waals surface area contributed by atoms with Gasteiger partial charge < -0.3 is 5.32 Å². The van der Waals surface area contributed by atoms with Crippen molar-refractivity contribution in [2.45, 2.75) is 13.8 Å². The van der Waals surface area contributed by atoms with Crippen LogP contribution in [0.25, 0.3) is 22.2 Å². The van der Waals surface area contributed by atoms with Gasteiger partial charge in [-0.15, -0.1) is 0 Å². The number of nitrogens with one attached hydrogen (secondary N) is 1. The molecule has 3 heteroatoms. The van der Waals surface area contributed by atoms with Crippen molar-refractivity contribution < 1.29 is 4.39 Å². The van der Waals surface area contributed by atoms with E-state index < -0.39 is 0 Å². The summed E-state index contributed by atoms with van der Waals surface area (Å²) in [5.74, 6) is -0.220. The number of benzene rings is 2. The van der Waals surface area contributed by atoms with Crippen LogP contribution in [0.15, 0.2) is 48.5 Å². The summed E-state index contributed by atoms with van der Waals surface area (Å²) in [5, 5.41) is 4.30. The molecule has 1 aromatic heterocycles. The lowest BCUT2D eigenvalue weighted by molar-refractivity contribution is 0.620. The average molecular weight is 280 g/mol. The first-order chi connectivity index (χ1) is 10.2. The number of fused-ring (bicyclic) bond motifs is 1. The van der Waals surface area contributed by atoms with Crippen molar-refractivity contribution in [2.75, 3.05) is 11.9 Å². The first-order valence-electron chi connectivity index (χ1n) is 7.09. The van der Waals surface area contributed by atoms with Gasteiger partial charge in [-0.3, -0.25) is 0 Å². The molecule has 0 aliphatic carbocycles. The van der Waals surface area contributed by atoms with Crippen molar-refractivity contribution in [3.63, 3.8) is 0 Å². The zero-order chi connectivity index (χ0) is 14.8. The van der Waals surface area contributed by atoms with Gasteiger partial charge in [-0.25, -0.2) is 9.37 Å². The Morgan fingerprint density at radius 2 is 1.86 bits per heavy atom. The zero-order valence-corrected chi connectivity index (χ0v) is 12.2. The number of halogens is 1. The minimum absolute atomic E-state index is 0.220. The summed E-state index contributed by atoms with van der Waals surface area (Å²) < 4.78 is 13.8. The van der Waals surface area contributed by atoms with E-state index in [1.54, 1.807) is 6.92 Å². The second kappa shape index (κ2) is 5.52. The molecule has 0 saturated carbocycles. The molecule has 1 N–H and O–H groups in total. The van der Waals surface area contributed by atoms with Crippen LogP contribution in [0.5, 0.6) is 0 Å². The largest absolute Gasteiger partial charge is 0.385 e. The molecule has 106 valence electrons. The molecule has 0 atom stereocenters. The van der Waals surface area contributed by atoms with E-state index in [2.05, 4.69) is 10.3 Å². The molecule has 0 aliphatic rings. The molecule has 21 heavy (non-hydrogen) atoms. The fourth-order valence-electron chi connectivity index (χ4n) is 2.45. The highest BCUT2D eigenvalue weighted by atomic mass is 19.1. The highest BCUT2D eigenvalue weighted by Gasteiger charge is 2.09. The molecule has 0 saturated heterocycles. The maximum Gasteiger partial charge on any atom is 0.128 e.